The molecule has 176 valence electrons. The molecule has 0 spiro atoms. The van der Waals surface area contributed by atoms with E-state index in [9.17, 15) is 9.18 Å². The molecule has 0 atom stereocenters. The highest BCUT2D eigenvalue weighted by molar-refractivity contribution is 7.15. The minimum absolute atomic E-state index is 0.136. The number of carbonyl (C=O) groups is 1. The molecule has 5 aromatic rings. The summed E-state index contributed by atoms with van der Waals surface area (Å²) < 4.78 is 15.4. The van der Waals surface area contributed by atoms with Crippen LogP contribution in [0.15, 0.2) is 90.4 Å². The van der Waals surface area contributed by atoms with Gasteiger partial charge in [-0.2, -0.15) is 0 Å². The first kappa shape index (κ1) is 22.8. The Balaban J connectivity index is 1.35. The summed E-state index contributed by atoms with van der Waals surface area (Å²) in [4.78, 5) is 20.6. The predicted molar refractivity (Wildman–Crippen MR) is 139 cm³/mol. The van der Waals surface area contributed by atoms with Crippen LogP contribution in [0.25, 0.3) is 16.2 Å². The zero-order valence-electron chi connectivity index (χ0n) is 19.3. The van der Waals surface area contributed by atoms with Crippen molar-refractivity contribution in [3.8, 4) is 11.3 Å². The van der Waals surface area contributed by atoms with E-state index in [4.69, 9.17) is 4.98 Å². The second-order valence-corrected chi connectivity index (χ2v) is 9.31. The van der Waals surface area contributed by atoms with Gasteiger partial charge in [-0.1, -0.05) is 42.5 Å². The molecular formula is C28H25FN4OS. The number of nitrogens with one attached hydrogen (secondary N) is 1. The lowest BCUT2D eigenvalue weighted by atomic mass is 10.2. The fraction of sp³-hybridized carbons (Fsp3) is 0.143. The molecule has 0 bridgehead atoms. The second-order valence-electron chi connectivity index (χ2n) is 8.47. The van der Waals surface area contributed by atoms with E-state index < -0.39 is 0 Å². The van der Waals surface area contributed by atoms with Crippen molar-refractivity contribution in [1.82, 2.24) is 14.3 Å². The van der Waals surface area contributed by atoms with Gasteiger partial charge >= 0.3 is 6.03 Å². The first-order valence-electron chi connectivity index (χ1n) is 11.4. The molecule has 7 heteroatoms. The molecule has 0 saturated carbocycles. The van der Waals surface area contributed by atoms with Crippen molar-refractivity contribution in [1.29, 1.82) is 0 Å². The zero-order chi connectivity index (χ0) is 24.2. The summed E-state index contributed by atoms with van der Waals surface area (Å²) >= 11 is 1.56. The molecule has 5 nitrogen and oxygen atoms in total. The highest BCUT2D eigenvalue weighted by Crippen LogP contribution is 2.24. The first-order chi connectivity index (χ1) is 17.0. The summed E-state index contributed by atoms with van der Waals surface area (Å²) in [6.07, 6.45) is 2.65. The number of halogens is 1. The van der Waals surface area contributed by atoms with Crippen LogP contribution in [0, 0.1) is 12.7 Å². The van der Waals surface area contributed by atoms with E-state index in [1.54, 1.807) is 23.5 Å². The topological polar surface area (TPSA) is 49.6 Å². The van der Waals surface area contributed by atoms with Gasteiger partial charge in [-0.3, -0.25) is 4.40 Å². The van der Waals surface area contributed by atoms with Gasteiger partial charge in [0.25, 0.3) is 0 Å². The Kier molecular flexibility index (Phi) is 6.59. The number of hydrogen-bond donors (Lipinski definition) is 1. The highest BCUT2D eigenvalue weighted by atomic mass is 32.1. The molecule has 2 aromatic heterocycles. The van der Waals surface area contributed by atoms with E-state index in [1.807, 2.05) is 72.6 Å². The van der Waals surface area contributed by atoms with Crippen molar-refractivity contribution >= 4 is 28.0 Å². The third-order valence-corrected chi connectivity index (χ3v) is 6.72. The smallest absolute Gasteiger partial charge is 0.320 e. The van der Waals surface area contributed by atoms with Gasteiger partial charge in [0, 0.05) is 48.0 Å². The minimum Gasteiger partial charge on any atom is -0.320 e. The number of anilines is 1. The molecule has 1 N–H and O–H groups in total. The molecule has 2 amide bonds. The molecule has 0 saturated heterocycles. The molecule has 0 aliphatic heterocycles. The minimum atomic E-state index is -0.266. The molecule has 5 rings (SSSR count). The van der Waals surface area contributed by atoms with E-state index in [2.05, 4.69) is 15.1 Å². The number of benzene rings is 3. The molecule has 3 aromatic carbocycles. The average Bonchev–Trinajstić information content (AvgIpc) is 3.44. The Hall–Kier alpha value is -3.97. The van der Waals surface area contributed by atoms with Crippen LogP contribution >= 0.6 is 11.3 Å². The maximum Gasteiger partial charge on any atom is 0.322 e. The van der Waals surface area contributed by atoms with Crippen molar-refractivity contribution in [2.24, 2.45) is 0 Å². The van der Waals surface area contributed by atoms with Crippen LogP contribution in [0.5, 0.6) is 0 Å². The normalized spacial score (nSPS) is 11.0. The number of thiazole rings is 1. The summed E-state index contributed by atoms with van der Waals surface area (Å²) in [6, 6.07) is 24.0. The van der Waals surface area contributed by atoms with Crippen molar-refractivity contribution < 1.29 is 9.18 Å². The van der Waals surface area contributed by atoms with Gasteiger partial charge in [0.15, 0.2) is 4.96 Å². The number of urea groups is 1. The van der Waals surface area contributed by atoms with Crippen LogP contribution in [0.1, 0.15) is 16.8 Å². The number of imidazole rings is 1. The van der Waals surface area contributed by atoms with Crippen LogP contribution < -0.4 is 5.32 Å². The molecule has 0 fully saturated rings. The molecule has 0 aliphatic rings. The standard InChI is InChI=1S/C28H25FN4OS/c1-20-6-5-9-24(16-20)30-27(34)32(17-21-7-3-2-4-8-21)15-14-25-19-35-28-31-26(18-33(25)28)22-10-12-23(29)13-11-22/h2-13,16,18-19H,14-15,17H2,1H3,(H,30,34). The van der Waals surface area contributed by atoms with Crippen LogP contribution in [-0.2, 0) is 13.0 Å². The summed E-state index contributed by atoms with van der Waals surface area (Å²) in [5.74, 6) is -0.266. The summed E-state index contributed by atoms with van der Waals surface area (Å²) in [5, 5.41) is 5.12. The summed E-state index contributed by atoms with van der Waals surface area (Å²) in [7, 11) is 0. The van der Waals surface area contributed by atoms with Crippen LogP contribution in [0.3, 0.4) is 0 Å². The lowest BCUT2D eigenvalue weighted by Gasteiger charge is -2.23. The Morgan fingerprint density at radius 1 is 1.06 bits per heavy atom. The number of rotatable bonds is 7. The molecular weight excluding hydrogens is 459 g/mol. The Labute approximate surface area is 207 Å². The number of nitrogens with zero attached hydrogens (tertiary/aromatic N) is 3. The first-order valence-corrected chi connectivity index (χ1v) is 12.3. The van der Waals surface area contributed by atoms with Gasteiger partial charge in [0.1, 0.15) is 5.82 Å². The van der Waals surface area contributed by atoms with Crippen molar-refractivity contribution in [2.45, 2.75) is 19.9 Å². The largest absolute Gasteiger partial charge is 0.322 e. The predicted octanol–water partition coefficient (Wildman–Crippen LogP) is 6.79. The van der Waals surface area contributed by atoms with Crippen molar-refractivity contribution in [3.63, 3.8) is 0 Å². The lowest BCUT2D eigenvalue weighted by molar-refractivity contribution is 0.209. The third kappa shape index (κ3) is 5.41. The SMILES string of the molecule is Cc1cccc(NC(=O)N(CCc2csc3nc(-c4ccc(F)cc4)cn23)Cc2ccccc2)c1. The van der Waals surface area contributed by atoms with Gasteiger partial charge in [-0.15, -0.1) is 11.3 Å². The lowest BCUT2D eigenvalue weighted by Crippen LogP contribution is -2.36. The van der Waals surface area contributed by atoms with Crippen LogP contribution in [0.4, 0.5) is 14.9 Å². The molecule has 0 radical (unpaired) electrons. The van der Waals surface area contributed by atoms with Gasteiger partial charge in [0.2, 0.25) is 0 Å². The van der Waals surface area contributed by atoms with Crippen LogP contribution in [-0.4, -0.2) is 26.9 Å². The van der Waals surface area contributed by atoms with Crippen molar-refractivity contribution in [2.75, 3.05) is 11.9 Å². The maximum atomic E-state index is 13.3. The maximum absolute atomic E-state index is 13.3. The second kappa shape index (κ2) is 10.1. The molecule has 0 unspecified atom stereocenters. The number of aryl methyl sites for hydroxylation is 1. The summed E-state index contributed by atoms with van der Waals surface area (Å²) in [6.45, 7) is 3.06. The Morgan fingerprint density at radius 2 is 1.86 bits per heavy atom. The Morgan fingerprint density at radius 3 is 2.63 bits per heavy atom. The van der Waals surface area contributed by atoms with E-state index in [0.29, 0.717) is 19.5 Å². The highest BCUT2D eigenvalue weighted by Gasteiger charge is 2.17. The number of hydrogen-bond acceptors (Lipinski definition) is 3. The van der Waals surface area contributed by atoms with Crippen molar-refractivity contribution in [3.05, 3.63) is 113 Å². The zero-order valence-corrected chi connectivity index (χ0v) is 20.1. The van der Waals surface area contributed by atoms with E-state index >= 15 is 0 Å². The van der Waals surface area contributed by atoms with E-state index in [1.165, 1.54) is 12.1 Å². The quantitative estimate of drug-likeness (QED) is 0.277. The van der Waals surface area contributed by atoms with Gasteiger partial charge < -0.3 is 10.2 Å². The van der Waals surface area contributed by atoms with Gasteiger partial charge in [-0.05, 0) is 54.4 Å². The molecule has 35 heavy (non-hydrogen) atoms. The number of aromatic nitrogens is 2. The number of carbonyl (C=O) groups excluding carboxylic acids is 1. The third-order valence-electron chi connectivity index (χ3n) is 5.83. The van der Waals surface area contributed by atoms with E-state index in [0.717, 1.165) is 38.7 Å². The fourth-order valence-corrected chi connectivity index (χ4v) is 4.91. The average molecular weight is 485 g/mol. The monoisotopic (exact) mass is 484 g/mol. The van der Waals surface area contributed by atoms with Crippen LogP contribution in [0.2, 0.25) is 0 Å². The number of fused-ring (bicyclic) bond motifs is 1. The fourth-order valence-electron chi connectivity index (χ4n) is 4.00. The Bertz CT molecular complexity index is 1440. The van der Waals surface area contributed by atoms with Gasteiger partial charge in [0.05, 0.1) is 5.69 Å². The van der Waals surface area contributed by atoms with Gasteiger partial charge in [-0.25, -0.2) is 14.2 Å². The summed E-state index contributed by atoms with van der Waals surface area (Å²) in [5.41, 5.74) is 5.70. The van der Waals surface area contributed by atoms with E-state index in [-0.39, 0.29) is 11.8 Å². The molecule has 0 aliphatic carbocycles. The number of amides is 2. The molecule has 2 heterocycles.